The van der Waals surface area contributed by atoms with E-state index >= 15 is 0 Å². The lowest BCUT2D eigenvalue weighted by Gasteiger charge is -2.30. The van der Waals surface area contributed by atoms with Gasteiger partial charge in [-0.1, -0.05) is 6.42 Å². The summed E-state index contributed by atoms with van der Waals surface area (Å²) in [6.07, 6.45) is 3.26. The molecular formula is C13H17NO3. The zero-order chi connectivity index (χ0) is 12.6. The van der Waals surface area contributed by atoms with Crippen LogP contribution in [0.25, 0.3) is 0 Å². The quantitative estimate of drug-likeness (QED) is 0.875. The number of carboxylic acid groups (broad SMARTS) is 1. The molecule has 1 aromatic heterocycles. The van der Waals surface area contributed by atoms with Crippen LogP contribution in [0.5, 0.6) is 0 Å². The van der Waals surface area contributed by atoms with Gasteiger partial charge in [-0.15, -0.1) is 0 Å². The minimum absolute atomic E-state index is 0.0703. The van der Waals surface area contributed by atoms with Gasteiger partial charge in [0.25, 0.3) is 5.56 Å². The van der Waals surface area contributed by atoms with Gasteiger partial charge in [0, 0.05) is 17.8 Å². The molecule has 4 heteroatoms. The van der Waals surface area contributed by atoms with Crippen LogP contribution >= 0.6 is 0 Å². The summed E-state index contributed by atoms with van der Waals surface area (Å²) in [7, 11) is 0. The summed E-state index contributed by atoms with van der Waals surface area (Å²) in [5.74, 6) is -0.678. The van der Waals surface area contributed by atoms with Crippen LogP contribution in [-0.2, 0) is 0 Å². The zero-order valence-corrected chi connectivity index (χ0v) is 10.1. The molecule has 4 nitrogen and oxygen atoms in total. The Kier molecular flexibility index (Phi) is 3.05. The van der Waals surface area contributed by atoms with Crippen molar-refractivity contribution in [2.24, 2.45) is 0 Å². The van der Waals surface area contributed by atoms with Gasteiger partial charge >= 0.3 is 5.97 Å². The Morgan fingerprint density at radius 2 is 2.06 bits per heavy atom. The molecule has 0 atom stereocenters. The van der Waals surface area contributed by atoms with Gasteiger partial charge in [-0.2, -0.15) is 0 Å². The Labute approximate surface area is 99.9 Å². The van der Waals surface area contributed by atoms with Crippen molar-refractivity contribution in [3.63, 3.8) is 0 Å². The number of carboxylic acids is 1. The molecule has 1 heterocycles. The molecule has 0 spiro atoms. The normalized spacial score (nSPS) is 15.9. The molecule has 0 aliphatic heterocycles. The molecule has 0 saturated heterocycles. The fourth-order valence-corrected chi connectivity index (χ4v) is 2.30. The second-order valence-electron chi connectivity index (χ2n) is 4.90. The van der Waals surface area contributed by atoms with Crippen LogP contribution in [0.4, 0.5) is 0 Å². The molecule has 1 saturated carbocycles. The van der Waals surface area contributed by atoms with Crippen molar-refractivity contribution in [1.29, 1.82) is 0 Å². The average Bonchev–Trinajstić information content (AvgIpc) is 2.13. The number of nitrogens with zero attached hydrogens (tertiary/aromatic N) is 1. The molecule has 0 amide bonds. The number of hydrogen-bond acceptors (Lipinski definition) is 2. The highest BCUT2D eigenvalue weighted by Crippen LogP contribution is 2.36. The summed E-state index contributed by atoms with van der Waals surface area (Å²) in [6, 6.07) is 2.94. The number of hydrogen-bond donors (Lipinski definition) is 1. The maximum Gasteiger partial charge on any atom is 0.335 e. The first-order valence-corrected chi connectivity index (χ1v) is 6.00. The number of aromatic carboxylic acids is 1. The molecule has 1 N–H and O–H groups in total. The number of pyridine rings is 1. The molecule has 0 aromatic carbocycles. The van der Waals surface area contributed by atoms with Gasteiger partial charge in [-0.25, -0.2) is 4.79 Å². The van der Waals surface area contributed by atoms with Crippen LogP contribution in [0.3, 0.4) is 0 Å². The molecule has 0 radical (unpaired) electrons. The third-order valence-corrected chi connectivity index (χ3v) is 3.38. The lowest BCUT2D eigenvalue weighted by atomic mass is 9.82. The van der Waals surface area contributed by atoms with Crippen molar-refractivity contribution in [3.8, 4) is 0 Å². The van der Waals surface area contributed by atoms with Crippen molar-refractivity contribution in [2.45, 2.75) is 45.1 Å². The summed E-state index contributed by atoms with van der Waals surface area (Å²) in [5, 5.41) is 8.99. The molecule has 0 unspecified atom stereocenters. The first-order chi connectivity index (χ1) is 8.00. The zero-order valence-electron chi connectivity index (χ0n) is 10.1. The van der Waals surface area contributed by atoms with Gasteiger partial charge in [-0.3, -0.25) is 4.79 Å². The van der Waals surface area contributed by atoms with E-state index in [-0.39, 0.29) is 17.2 Å². The van der Waals surface area contributed by atoms with E-state index in [1.165, 1.54) is 6.07 Å². The summed E-state index contributed by atoms with van der Waals surface area (Å²) in [4.78, 5) is 22.9. The van der Waals surface area contributed by atoms with Crippen molar-refractivity contribution in [3.05, 3.63) is 33.7 Å². The third-order valence-electron chi connectivity index (χ3n) is 3.38. The van der Waals surface area contributed by atoms with Gasteiger partial charge in [0.15, 0.2) is 0 Å². The van der Waals surface area contributed by atoms with E-state index in [9.17, 15) is 9.59 Å². The molecule has 1 aliphatic carbocycles. The van der Waals surface area contributed by atoms with Crippen molar-refractivity contribution in [2.75, 3.05) is 0 Å². The Hall–Kier alpha value is -1.58. The molecule has 92 valence electrons. The van der Waals surface area contributed by atoms with Crippen molar-refractivity contribution < 1.29 is 9.90 Å². The maximum atomic E-state index is 12.0. The first-order valence-electron chi connectivity index (χ1n) is 6.00. The third kappa shape index (κ3) is 2.12. The van der Waals surface area contributed by atoms with Crippen LogP contribution in [0.1, 0.15) is 61.1 Å². The molecule has 0 bridgehead atoms. The predicted molar refractivity (Wildman–Crippen MR) is 64.6 cm³/mol. The van der Waals surface area contributed by atoms with Gasteiger partial charge < -0.3 is 9.67 Å². The largest absolute Gasteiger partial charge is 0.478 e. The van der Waals surface area contributed by atoms with Crippen LogP contribution < -0.4 is 5.56 Å². The monoisotopic (exact) mass is 235 g/mol. The highest BCUT2D eigenvalue weighted by Gasteiger charge is 2.25. The topological polar surface area (TPSA) is 59.3 Å². The Balaban J connectivity index is 2.58. The fraction of sp³-hybridized carbons (Fsp3) is 0.538. The summed E-state index contributed by atoms with van der Waals surface area (Å²) in [6.45, 7) is 3.90. The lowest BCUT2D eigenvalue weighted by Crippen LogP contribution is -2.29. The Morgan fingerprint density at radius 3 is 2.47 bits per heavy atom. The van der Waals surface area contributed by atoms with Gasteiger partial charge in [0.2, 0.25) is 0 Å². The average molecular weight is 235 g/mol. The summed E-state index contributed by atoms with van der Waals surface area (Å²) in [5.41, 5.74) is 0.784. The second kappa shape index (κ2) is 4.35. The molecular weight excluding hydrogens is 218 g/mol. The van der Waals surface area contributed by atoms with Crippen molar-refractivity contribution >= 4 is 5.97 Å². The van der Waals surface area contributed by atoms with E-state index in [0.29, 0.717) is 5.92 Å². The molecule has 1 aromatic rings. The van der Waals surface area contributed by atoms with E-state index in [4.69, 9.17) is 5.11 Å². The minimum Gasteiger partial charge on any atom is -0.478 e. The van der Waals surface area contributed by atoms with Gasteiger partial charge in [0.05, 0.1) is 5.56 Å². The van der Waals surface area contributed by atoms with E-state index in [1.54, 1.807) is 10.6 Å². The smallest absolute Gasteiger partial charge is 0.335 e. The second-order valence-corrected chi connectivity index (χ2v) is 4.90. The van der Waals surface area contributed by atoms with Crippen LogP contribution in [-0.4, -0.2) is 15.6 Å². The van der Waals surface area contributed by atoms with Crippen LogP contribution in [0.2, 0.25) is 0 Å². The highest BCUT2D eigenvalue weighted by molar-refractivity contribution is 5.87. The summed E-state index contributed by atoms with van der Waals surface area (Å²) >= 11 is 0. The Bertz CT molecular complexity index is 498. The first kappa shape index (κ1) is 11.9. The number of rotatable bonds is 3. The maximum absolute atomic E-state index is 12.0. The fourth-order valence-electron chi connectivity index (χ4n) is 2.30. The van der Waals surface area contributed by atoms with Crippen molar-refractivity contribution in [1.82, 2.24) is 4.57 Å². The van der Waals surface area contributed by atoms with Gasteiger partial charge in [-0.05, 0) is 38.7 Å². The SMILES string of the molecule is CC(C)n1c(C2CCC2)cc(C(=O)O)cc1=O. The lowest BCUT2D eigenvalue weighted by molar-refractivity contribution is 0.0696. The van der Waals surface area contributed by atoms with E-state index in [0.717, 1.165) is 25.0 Å². The molecule has 2 rings (SSSR count). The number of aromatic nitrogens is 1. The van der Waals surface area contributed by atoms with Crippen LogP contribution in [0.15, 0.2) is 16.9 Å². The van der Waals surface area contributed by atoms with E-state index in [1.807, 2.05) is 13.8 Å². The van der Waals surface area contributed by atoms with Crippen LogP contribution in [0, 0.1) is 0 Å². The molecule has 17 heavy (non-hydrogen) atoms. The standard InChI is InChI=1S/C13H17NO3/c1-8(2)14-11(9-4-3-5-9)6-10(13(16)17)7-12(14)15/h6-9H,3-5H2,1-2H3,(H,16,17). The van der Waals surface area contributed by atoms with E-state index in [2.05, 4.69) is 0 Å². The Morgan fingerprint density at radius 1 is 1.41 bits per heavy atom. The summed E-state index contributed by atoms with van der Waals surface area (Å²) < 4.78 is 1.72. The predicted octanol–water partition coefficient (Wildman–Crippen LogP) is 2.39. The molecule has 1 fully saturated rings. The molecule has 1 aliphatic rings. The van der Waals surface area contributed by atoms with Gasteiger partial charge in [0.1, 0.15) is 0 Å². The van der Waals surface area contributed by atoms with E-state index < -0.39 is 5.97 Å². The highest BCUT2D eigenvalue weighted by atomic mass is 16.4. The minimum atomic E-state index is -1.03. The number of carbonyl (C=O) groups is 1.